The minimum absolute atomic E-state index is 0.241. The second kappa shape index (κ2) is 12.5. The Balaban J connectivity index is 1.43. The molecule has 2 saturated heterocycles. The van der Waals surface area contributed by atoms with Crippen LogP contribution < -0.4 is 5.32 Å². The van der Waals surface area contributed by atoms with Crippen LogP contribution in [0.3, 0.4) is 0 Å². The fourth-order valence-corrected chi connectivity index (χ4v) is 5.61. The summed E-state index contributed by atoms with van der Waals surface area (Å²) in [5.41, 5.74) is 0.473. The van der Waals surface area contributed by atoms with Crippen LogP contribution in [-0.4, -0.2) is 47.1 Å². The standard InChI is InChI=1S/C27H41NO4/c1-2-17-27(31,19-21-10-6-5-7-11-21)20-28-18-16-23-22(24-14-15-25(23)32-24)12-8-3-4-9-13-26(29)30/h3,5-8,10-11,22-25,28,31H,2,4,9,12-20H2,1H3,(H,29,30)/t22-,23-,24-,25+,27?/m1/s1. The minimum Gasteiger partial charge on any atom is -0.481 e. The van der Waals surface area contributed by atoms with Crippen molar-refractivity contribution in [2.45, 2.75) is 88.9 Å². The van der Waals surface area contributed by atoms with E-state index in [2.05, 4.69) is 36.5 Å². The van der Waals surface area contributed by atoms with Gasteiger partial charge in [0.15, 0.2) is 0 Å². The molecule has 5 nitrogen and oxygen atoms in total. The number of allylic oxidation sites excluding steroid dienone is 2. The molecule has 5 atom stereocenters. The van der Waals surface area contributed by atoms with Crippen LogP contribution in [0.2, 0.25) is 0 Å². The number of rotatable bonds is 15. The highest BCUT2D eigenvalue weighted by molar-refractivity contribution is 5.66. The number of fused-ring (bicyclic) bond motifs is 2. The Bertz CT molecular complexity index is 722. The lowest BCUT2D eigenvalue weighted by atomic mass is 9.76. The normalized spacial score (nSPS) is 26.6. The number of carboxylic acid groups (broad SMARTS) is 1. The Morgan fingerprint density at radius 1 is 1.19 bits per heavy atom. The third-order valence-corrected chi connectivity index (χ3v) is 7.13. The van der Waals surface area contributed by atoms with Gasteiger partial charge < -0.3 is 20.3 Å². The van der Waals surface area contributed by atoms with Crippen molar-refractivity contribution in [3.05, 3.63) is 48.0 Å². The summed E-state index contributed by atoms with van der Waals surface area (Å²) in [6, 6.07) is 10.3. The number of carboxylic acids is 1. The zero-order valence-corrected chi connectivity index (χ0v) is 19.5. The van der Waals surface area contributed by atoms with Crippen molar-refractivity contribution in [3.8, 4) is 0 Å². The van der Waals surface area contributed by atoms with Crippen LogP contribution in [0.5, 0.6) is 0 Å². The Morgan fingerprint density at radius 2 is 1.94 bits per heavy atom. The molecule has 0 saturated carbocycles. The molecule has 1 aromatic rings. The summed E-state index contributed by atoms with van der Waals surface area (Å²) in [5.74, 6) is 0.408. The second-order valence-electron chi connectivity index (χ2n) is 9.71. The van der Waals surface area contributed by atoms with E-state index >= 15 is 0 Å². The van der Waals surface area contributed by atoms with Crippen LogP contribution in [0.1, 0.15) is 70.3 Å². The number of benzene rings is 1. The summed E-state index contributed by atoms with van der Waals surface area (Å²) in [5, 5.41) is 23.5. The first kappa shape index (κ1) is 24.9. The van der Waals surface area contributed by atoms with Gasteiger partial charge in [-0.05, 0) is 68.9 Å². The first-order valence-corrected chi connectivity index (χ1v) is 12.5. The lowest BCUT2D eigenvalue weighted by molar-refractivity contribution is -0.137. The van der Waals surface area contributed by atoms with Gasteiger partial charge in [0.1, 0.15) is 0 Å². The summed E-state index contributed by atoms with van der Waals surface area (Å²) < 4.78 is 6.23. The summed E-state index contributed by atoms with van der Waals surface area (Å²) in [6.45, 7) is 3.64. The molecule has 0 radical (unpaired) electrons. The Labute approximate surface area is 193 Å². The Morgan fingerprint density at radius 3 is 2.66 bits per heavy atom. The van der Waals surface area contributed by atoms with Gasteiger partial charge in [0.2, 0.25) is 0 Å². The number of hydrogen-bond acceptors (Lipinski definition) is 4. The average Bonchev–Trinajstić information content (AvgIpc) is 3.36. The summed E-state index contributed by atoms with van der Waals surface area (Å²) >= 11 is 0. The molecule has 1 aromatic carbocycles. The van der Waals surface area contributed by atoms with Crippen LogP contribution in [0.25, 0.3) is 0 Å². The van der Waals surface area contributed by atoms with E-state index in [9.17, 15) is 9.90 Å². The van der Waals surface area contributed by atoms with E-state index in [1.165, 1.54) is 18.4 Å². The monoisotopic (exact) mass is 443 g/mol. The number of unbranched alkanes of at least 4 members (excludes halogenated alkanes) is 1. The average molecular weight is 444 g/mol. The number of aliphatic hydroxyl groups is 1. The second-order valence-corrected chi connectivity index (χ2v) is 9.71. The number of nitrogens with one attached hydrogen (secondary N) is 1. The molecule has 2 aliphatic rings. The topological polar surface area (TPSA) is 78.8 Å². The lowest BCUT2D eigenvalue weighted by Crippen LogP contribution is -2.43. The first-order chi connectivity index (χ1) is 15.5. The van der Waals surface area contributed by atoms with Gasteiger partial charge in [-0.1, -0.05) is 55.8 Å². The SMILES string of the molecule is CCCC(O)(CNCC[C@@H]1[C@@H](CC=CCCCC(=O)O)[C@H]2CC[C@@H]1O2)Cc1ccccc1. The van der Waals surface area contributed by atoms with E-state index in [4.69, 9.17) is 9.84 Å². The zero-order chi connectivity index (χ0) is 22.8. The molecule has 2 bridgehead atoms. The maximum Gasteiger partial charge on any atom is 0.303 e. The molecule has 0 aromatic heterocycles. The van der Waals surface area contributed by atoms with Gasteiger partial charge in [0.25, 0.3) is 0 Å². The fourth-order valence-electron chi connectivity index (χ4n) is 5.61. The van der Waals surface area contributed by atoms with Crippen LogP contribution in [0, 0.1) is 11.8 Å². The molecule has 1 unspecified atom stereocenters. The van der Waals surface area contributed by atoms with Gasteiger partial charge in [0, 0.05) is 19.4 Å². The zero-order valence-electron chi connectivity index (χ0n) is 19.5. The molecule has 2 heterocycles. The molecule has 2 aliphatic heterocycles. The molecule has 0 spiro atoms. The van der Waals surface area contributed by atoms with E-state index in [0.717, 1.165) is 38.6 Å². The molecule has 0 aliphatic carbocycles. The van der Waals surface area contributed by atoms with Crippen LogP contribution in [0.4, 0.5) is 0 Å². The van der Waals surface area contributed by atoms with Crippen molar-refractivity contribution in [1.82, 2.24) is 5.32 Å². The first-order valence-electron chi connectivity index (χ1n) is 12.5. The van der Waals surface area contributed by atoms with Crippen LogP contribution >= 0.6 is 0 Å². The van der Waals surface area contributed by atoms with Gasteiger partial charge in [0.05, 0.1) is 17.8 Å². The largest absolute Gasteiger partial charge is 0.481 e. The molecule has 32 heavy (non-hydrogen) atoms. The highest BCUT2D eigenvalue weighted by Crippen LogP contribution is 2.46. The fraction of sp³-hybridized carbons (Fsp3) is 0.667. The summed E-state index contributed by atoms with van der Waals surface area (Å²) in [6.07, 6.45) is 13.8. The van der Waals surface area contributed by atoms with Crippen molar-refractivity contribution in [2.24, 2.45) is 11.8 Å². The lowest BCUT2D eigenvalue weighted by Gasteiger charge is -2.30. The minimum atomic E-state index is -0.720. The maximum absolute atomic E-state index is 11.2. The number of carbonyl (C=O) groups is 1. The predicted molar refractivity (Wildman–Crippen MR) is 128 cm³/mol. The molecular formula is C27H41NO4. The smallest absolute Gasteiger partial charge is 0.303 e. The van der Waals surface area contributed by atoms with E-state index in [1.807, 2.05) is 18.2 Å². The van der Waals surface area contributed by atoms with Gasteiger partial charge >= 0.3 is 5.97 Å². The van der Waals surface area contributed by atoms with Crippen molar-refractivity contribution in [2.75, 3.05) is 13.1 Å². The molecule has 3 rings (SSSR count). The Hall–Kier alpha value is -1.69. The molecular weight excluding hydrogens is 402 g/mol. The Kier molecular flexibility index (Phi) is 9.76. The van der Waals surface area contributed by atoms with Crippen molar-refractivity contribution in [1.29, 1.82) is 0 Å². The maximum atomic E-state index is 11.2. The van der Waals surface area contributed by atoms with Gasteiger partial charge in [-0.3, -0.25) is 4.79 Å². The summed E-state index contributed by atoms with van der Waals surface area (Å²) in [7, 11) is 0. The highest BCUT2D eigenvalue weighted by atomic mass is 16.5. The number of aliphatic carboxylic acids is 1. The quantitative estimate of drug-likeness (QED) is 0.270. The molecule has 178 valence electrons. The van der Waals surface area contributed by atoms with Gasteiger partial charge in [-0.25, -0.2) is 0 Å². The molecule has 2 fully saturated rings. The third-order valence-electron chi connectivity index (χ3n) is 7.13. The predicted octanol–water partition coefficient (Wildman–Crippen LogP) is 4.73. The van der Waals surface area contributed by atoms with Gasteiger partial charge in [-0.2, -0.15) is 0 Å². The van der Waals surface area contributed by atoms with E-state index < -0.39 is 11.6 Å². The van der Waals surface area contributed by atoms with Crippen LogP contribution in [0.15, 0.2) is 42.5 Å². The van der Waals surface area contributed by atoms with Crippen molar-refractivity contribution in [3.63, 3.8) is 0 Å². The highest BCUT2D eigenvalue weighted by Gasteiger charge is 2.47. The summed E-state index contributed by atoms with van der Waals surface area (Å²) in [4.78, 5) is 10.6. The van der Waals surface area contributed by atoms with Gasteiger partial charge in [-0.15, -0.1) is 0 Å². The third kappa shape index (κ3) is 7.43. The van der Waals surface area contributed by atoms with Crippen molar-refractivity contribution < 1.29 is 19.7 Å². The van der Waals surface area contributed by atoms with Crippen LogP contribution in [-0.2, 0) is 16.0 Å². The molecule has 0 amide bonds. The number of hydrogen-bond donors (Lipinski definition) is 3. The number of ether oxygens (including phenoxy) is 1. The molecule has 3 N–H and O–H groups in total. The molecule has 5 heteroatoms. The van der Waals surface area contributed by atoms with E-state index in [-0.39, 0.29) is 6.42 Å². The van der Waals surface area contributed by atoms with Crippen molar-refractivity contribution >= 4 is 5.97 Å². The van der Waals surface area contributed by atoms with E-state index in [0.29, 0.717) is 43.4 Å². The van der Waals surface area contributed by atoms with E-state index in [1.54, 1.807) is 0 Å².